The molecule has 0 spiro atoms. The van der Waals surface area contributed by atoms with E-state index in [0.29, 0.717) is 0 Å². The van der Waals surface area contributed by atoms with E-state index in [4.69, 9.17) is 5.73 Å². The van der Waals surface area contributed by atoms with Crippen molar-refractivity contribution >= 4 is 0 Å². The summed E-state index contributed by atoms with van der Waals surface area (Å²) in [5.41, 5.74) is 10.4. The van der Waals surface area contributed by atoms with Gasteiger partial charge in [-0.1, -0.05) is 51.1 Å². The lowest BCUT2D eigenvalue weighted by atomic mass is 9.86. The van der Waals surface area contributed by atoms with Crippen LogP contribution in [0.5, 0.6) is 0 Å². The minimum atomic E-state index is 0.200. The third kappa shape index (κ3) is 4.98. The van der Waals surface area contributed by atoms with E-state index in [-0.39, 0.29) is 11.5 Å². The van der Waals surface area contributed by atoms with Crippen molar-refractivity contribution in [2.24, 2.45) is 5.73 Å². The average Bonchev–Trinajstić information content (AvgIpc) is 2.46. The van der Waals surface area contributed by atoms with Crippen LogP contribution in [0.4, 0.5) is 0 Å². The van der Waals surface area contributed by atoms with Crippen LogP contribution in [-0.4, -0.2) is 11.0 Å². The van der Waals surface area contributed by atoms with Gasteiger partial charge in [0.05, 0.1) is 0 Å². The van der Waals surface area contributed by atoms with E-state index in [9.17, 15) is 0 Å². The van der Waals surface area contributed by atoms with Crippen molar-refractivity contribution in [3.8, 4) is 0 Å². The molecule has 1 aromatic heterocycles. The van der Waals surface area contributed by atoms with Gasteiger partial charge in [-0.15, -0.1) is 0 Å². The summed E-state index contributed by atoms with van der Waals surface area (Å²) >= 11 is 0. The molecule has 2 aromatic rings. The zero-order chi connectivity index (χ0) is 15.3. The number of nitrogens with two attached hydrogens (primary N) is 1. The van der Waals surface area contributed by atoms with Gasteiger partial charge in [-0.3, -0.25) is 4.98 Å². The van der Waals surface area contributed by atoms with E-state index < -0.39 is 0 Å². The summed E-state index contributed by atoms with van der Waals surface area (Å²) in [4.78, 5) is 4.14. The molecule has 0 bridgehead atoms. The standard InChI is InChI=1S/C19H26N2/c1-19(2,3)17-9-6-15(7-10-17)13-18(20)11-8-16-5-4-12-21-14-16/h4-7,9-10,12,14,18H,8,11,13,20H2,1-3H3. The van der Waals surface area contributed by atoms with Crippen molar-refractivity contribution in [3.05, 3.63) is 65.5 Å². The fraction of sp³-hybridized carbons (Fsp3) is 0.421. The number of aryl methyl sites for hydroxylation is 1. The van der Waals surface area contributed by atoms with E-state index in [2.05, 4.69) is 56.1 Å². The Morgan fingerprint density at radius 3 is 2.33 bits per heavy atom. The third-order valence-electron chi connectivity index (χ3n) is 3.84. The van der Waals surface area contributed by atoms with Crippen LogP contribution >= 0.6 is 0 Å². The molecule has 21 heavy (non-hydrogen) atoms. The molecule has 1 atom stereocenters. The number of hydrogen-bond donors (Lipinski definition) is 1. The monoisotopic (exact) mass is 282 g/mol. The molecule has 0 aliphatic carbocycles. The molecule has 1 aromatic carbocycles. The normalized spacial score (nSPS) is 13.1. The molecule has 2 nitrogen and oxygen atoms in total. The first-order chi connectivity index (χ1) is 9.95. The summed E-state index contributed by atoms with van der Waals surface area (Å²) < 4.78 is 0. The first kappa shape index (κ1) is 15.7. The van der Waals surface area contributed by atoms with E-state index in [1.807, 2.05) is 12.3 Å². The van der Waals surface area contributed by atoms with Crippen molar-refractivity contribution in [3.63, 3.8) is 0 Å². The lowest BCUT2D eigenvalue weighted by molar-refractivity contribution is 0.588. The van der Waals surface area contributed by atoms with Gasteiger partial charge < -0.3 is 5.73 Å². The van der Waals surface area contributed by atoms with Gasteiger partial charge in [-0.25, -0.2) is 0 Å². The first-order valence-electron chi connectivity index (χ1n) is 7.69. The Bertz CT molecular complexity index is 538. The third-order valence-corrected chi connectivity index (χ3v) is 3.84. The van der Waals surface area contributed by atoms with E-state index in [0.717, 1.165) is 19.3 Å². The van der Waals surface area contributed by atoms with E-state index >= 15 is 0 Å². The van der Waals surface area contributed by atoms with Gasteiger partial charge in [0.25, 0.3) is 0 Å². The fourth-order valence-corrected chi connectivity index (χ4v) is 2.44. The lowest BCUT2D eigenvalue weighted by Gasteiger charge is -2.19. The smallest absolute Gasteiger partial charge is 0.0299 e. The number of benzene rings is 1. The van der Waals surface area contributed by atoms with Crippen LogP contribution in [0.2, 0.25) is 0 Å². The molecular weight excluding hydrogens is 256 g/mol. The van der Waals surface area contributed by atoms with Crippen LogP contribution in [0.3, 0.4) is 0 Å². The second-order valence-electron chi connectivity index (χ2n) is 6.81. The molecule has 1 heterocycles. The summed E-state index contributed by atoms with van der Waals surface area (Å²) in [6.45, 7) is 6.71. The molecule has 0 fully saturated rings. The Labute approximate surface area is 128 Å². The molecule has 0 aliphatic heterocycles. The summed E-state index contributed by atoms with van der Waals surface area (Å²) in [6, 6.07) is 13.2. The van der Waals surface area contributed by atoms with Crippen molar-refractivity contribution in [2.75, 3.05) is 0 Å². The maximum absolute atomic E-state index is 6.26. The van der Waals surface area contributed by atoms with Gasteiger partial charge in [-0.05, 0) is 47.4 Å². The molecule has 0 aliphatic rings. The van der Waals surface area contributed by atoms with Crippen LogP contribution < -0.4 is 5.73 Å². The van der Waals surface area contributed by atoms with Crippen LogP contribution in [0.15, 0.2) is 48.8 Å². The lowest BCUT2D eigenvalue weighted by Crippen LogP contribution is -2.23. The minimum Gasteiger partial charge on any atom is -0.327 e. The predicted octanol–water partition coefficient (Wildman–Crippen LogP) is 3.88. The van der Waals surface area contributed by atoms with Gasteiger partial charge in [0.1, 0.15) is 0 Å². The van der Waals surface area contributed by atoms with Crippen molar-refractivity contribution < 1.29 is 0 Å². The molecule has 0 radical (unpaired) electrons. The highest BCUT2D eigenvalue weighted by atomic mass is 14.6. The highest BCUT2D eigenvalue weighted by Gasteiger charge is 2.13. The minimum absolute atomic E-state index is 0.200. The van der Waals surface area contributed by atoms with E-state index in [1.165, 1.54) is 16.7 Å². The number of aromatic nitrogens is 1. The second kappa shape index (κ2) is 6.86. The maximum atomic E-state index is 6.26. The Balaban J connectivity index is 1.86. The molecule has 0 saturated carbocycles. The Morgan fingerprint density at radius 1 is 1.05 bits per heavy atom. The molecule has 0 amide bonds. The number of pyridine rings is 1. The van der Waals surface area contributed by atoms with Crippen LogP contribution in [-0.2, 0) is 18.3 Å². The zero-order valence-electron chi connectivity index (χ0n) is 13.3. The van der Waals surface area contributed by atoms with Gasteiger partial charge in [0, 0.05) is 18.4 Å². The van der Waals surface area contributed by atoms with Gasteiger partial charge in [0.2, 0.25) is 0 Å². The Kier molecular flexibility index (Phi) is 5.13. The molecule has 2 rings (SSSR count). The van der Waals surface area contributed by atoms with Crippen molar-refractivity contribution in [2.45, 2.75) is 51.5 Å². The first-order valence-corrected chi connectivity index (χ1v) is 7.69. The highest BCUT2D eigenvalue weighted by molar-refractivity contribution is 5.28. The van der Waals surface area contributed by atoms with E-state index in [1.54, 1.807) is 6.20 Å². The summed E-state index contributed by atoms with van der Waals surface area (Å²) in [5.74, 6) is 0. The van der Waals surface area contributed by atoms with Gasteiger partial charge in [0.15, 0.2) is 0 Å². The molecule has 112 valence electrons. The highest BCUT2D eigenvalue weighted by Crippen LogP contribution is 2.22. The maximum Gasteiger partial charge on any atom is 0.0299 e. The van der Waals surface area contributed by atoms with Crippen LogP contribution in [0.25, 0.3) is 0 Å². The summed E-state index contributed by atoms with van der Waals surface area (Å²) in [7, 11) is 0. The molecule has 2 N–H and O–H groups in total. The molecular formula is C19H26N2. The van der Waals surface area contributed by atoms with Gasteiger partial charge >= 0.3 is 0 Å². The fourth-order valence-electron chi connectivity index (χ4n) is 2.44. The molecule has 2 heteroatoms. The second-order valence-corrected chi connectivity index (χ2v) is 6.81. The number of hydrogen-bond acceptors (Lipinski definition) is 2. The molecule has 0 saturated heterocycles. The number of nitrogens with zero attached hydrogens (tertiary/aromatic N) is 1. The number of rotatable bonds is 5. The van der Waals surface area contributed by atoms with Crippen molar-refractivity contribution in [1.82, 2.24) is 4.98 Å². The topological polar surface area (TPSA) is 38.9 Å². The Morgan fingerprint density at radius 2 is 1.76 bits per heavy atom. The van der Waals surface area contributed by atoms with Crippen LogP contribution in [0.1, 0.15) is 43.9 Å². The molecule has 1 unspecified atom stereocenters. The largest absolute Gasteiger partial charge is 0.327 e. The predicted molar refractivity (Wildman–Crippen MR) is 89.4 cm³/mol. The zero-order valence-corrected chi connectivity index (χ0v) is 13.3. The van der Waals surface area contributed by atoms with Gasteiger partial charge in [-0.2, -0.15) is 0 Å². The Hall–Kier alpha value is -1.67. The quantitative estimate of drug-likeness (QED) is 0.904. The van der Waals surface area contributed by atoms with Crippen LogP contribution in [0, 0.1) is 0 Å². The summed E-state index contributed by atoms with van der Waals surface area (Å²) in [5, 5.41) is 0. The SMILES string of the molecule is CC(C)(C)c1ccc(CC(N)CCc2cccnc2)cc1. The average molecular weight is 282 g/mol. The van der Waals surface area contributed by atoms with Crippen molar-refractivity contribution in [1.29, 1.82) is 0 Å². The summed E-state index contributed by atoms with van der Waals surface area (Å²) in [6.07, 6.45) is 6.65.